The van der Waals surface area contributed by atoms with Gasteiger partial charge in [-0.3, -0.25) is 0 Å². The standard InChI is InChI=1S/C13H17N3O3/c1-3-7-19-12(17)16-8-13(9-16,10-18-2)11-14-5-4-6-15-11/h3-6H,1,7-10H2,2H3. The van der Waals surface area contributed by atoms with E-state index in [0.717, 1.165) is 0 Å². The molecule has 0 N–H and O–H groups in total. The minimum Gasteiger partial charge on any atom is -0.445 e. The Morgan fingerprint density at radius 1 is 1.53 bits per heavy atom. The summed E-state index contributed by atoms with van der Waals surface area (Å²) in [4.78, 5) is 21.8. The summed E-state index contributed by atoms with van der Waals surface area (Å²) in [5.41, 5.74) is -0.330. The van der Waals surface area contributed by atoms with Crippen LogP contribution in [-0.2, 0) is 14.9 Å². The Morgan fingerprint density at radius 2 is 2.21 bits per heavy atom. The fraction of sp³-hybridized carbons (Fsp3) is 0.462. The number of methoxy groups -OCH3 is 1. The smallest absolute Gasteiger partial charge is 0.410 e. The average molecular weight is 263 g/mol. The molecule has 1 aromatic heterocycles. The van der Waals surface area contributed by atoms with Crippen LogP contribution in [0.2, 0.25) is 0 Å². The normalized spacial score (nSPS) is 16.6. The Morgan fingerprint density at radius 3 is 2.79 bits per heavy atom. The topological polar surface area (TPSA) is 64.5 Å². The number of aromatic nitrogens is 2. The van der Waals surface area contributed by atoms with Gasteiger partial charge in [-0.2, -0.15) is 0 Å². The molecule has 0 unspecified atom stereocenters. The van der Waals surface area contributed by atoms with Gasteiger partial charge in [0.25, 0.3) is 0 Å². The monoisotopic (exact) mass is 263 g/mol. The minimum absolute atomic E-state index is 0.217. The van der Waals surface area contributed by atoms with Gasteiger partial charge in [0.05, 0.1) is 12.0 Å². The molecule has 6 nitrogen and oxygen atoms in total. The van der Waals surface area contributed by atoms with Crippen LogP contribution in [0.15, 0.2) is 31.1 Å². The van der Waals surface area contributed by atoms with E-state index >= 15 is 0 Å². The summed E-state index contributed by atoms with van der Waals surface area (Å²) in [5.74, 6) is 0.699. The molecule has 0 aliphatic carbocycles. The van der Waals surface area contributed by atoms with E-state index in [4.69, 9.17) is 9.47 Å². The number of hydrogen-bond acceptors (Lipinski definition) is 5. The quantitative estimate of drug-likeness (QED) is 0.741. The highest BCUT2D eigenvalue weighted by molar-refractivity contribution is 5.69. The Hall–Kier alpha value is -1.95. The summed E-state index contributed by atoms with van der Waals surface area (Å²) in [6, 6.07) is 1.76. The van der Waals surface area contributed by atoms with Crippen molar-refractivity contribution in [2.45, 2.75) is 5.41 Å². The Balaban J connectivity index is 2.02. The van der Waals surface area contributed by atoms with Gasteiger partial charge >= 0.3 is 6.09 Å². The first-order valence-corrected chi connectivity index (χ1v) is 6.01. The lowest BCUT2D eigenvalue weighted by Gasteiger charge is -2.47. The van der Waals surface area contributed by atoms with E-state index < -0.39 is 0 Å². The molecule has 2 rings (SSSR count). The van der Waals surface area contributed by atoms with Crippen LogP contribution in [0.25, 0.3) is 0 Å². The zero-order valence-electron chi connectivity index (χ0n) is 10.9. The second kappa shape index (κ2) is 5.79. The summed E-state index contributed by atoms with van der Waals surface area (Å²) >= 11 is 0. The van der Waals surface area contributed by atoms with Crippen LogP contribution in [0.1, 0.15) is 5.82 Å². The van der Waals surface area contributed by atoms with E-state index in [0.29, 0.717) is 25.5 Å². The van der Waals surface area contributed by atoms with Gasteiger partial charge in [-0.25, -0.2) is 14.8 Å². The van der Waals surface area contributed by atoms with Crippen LogP contribution in [0.4, 0.5) is 4.79 Å². The number of carbonyl (C=O) groups is 1. The molecule has 1 aliphatic heterocycles. The highest BCUT2D eigenvalue weighted by Gasteiger charge is 2.49. The molecule has 0 saturated carbocycles. The van der Waals surface area contributed by atoms with Crippen molar-refractivity contribution in [1.82, 2.24) is 14.9 Å². The first kappa shape index (κ1) is 13.5. The van der Waals surface area contributed by atoms with E-state index in [-0.39, 0.29) is 18.1 Å². The first-order valence-electron chi connectivity index (χ1n) is 6.01. The molecule has 0 atom stereocenters. The number of ether oxygens (including phenoxy) is 2. The molecule has 102 valence electrons. The molecule has 6 heteroatoms. The van der Waals surface area contributed by atoms with Crippen LogP contribution in [-0.4, -0.2) is 54.4 Å². The zero-order chi connectivity index (χ0) is 13.7. The Kier molecular flexibility index (Phi) is 4.11. The molecule has 1 fully saturated rings. The van der Waals surface area contributed by atoms with Crippen molar-refractivity contribution in [3.8, 4) is 0 Å². The van der Waals surface area contributed by atoms with Crippen LogP contribution in [0.3, 0.4) is 0 Å². The van der Waals surface area contributed by atoms with Crippen LogP contribution >= 0.6 is 0 Å². The maximum absolute atomic E-state index is 11.7. The van der Waals surface area contributed by atoms with E-state index in [2.05, 4.69) is 16.5 Å². The molecule has 1 aromatic rings. The fourth-order valence-corrected chi connectivity index (χ4v) is 2.18. The van der Waals surface area contributed by atoms with Gasteiger partial charge in [-0.1, -0.05) is 12.7 Å². The largest absolute Gasteiger partial charge is 0.445 e. The second-order valence-electron chi connectivity index (χ2n) is 4.51. The van der Waals surface area contributed by atoms with E-state index in [1.165, 1.54) is 0 Å². The molecule has 2 heterocycles. The second-order valence-corrected chi connectivity index (χ2v) is 4.51. The summed E-state index contributed by atoms with van der Waals surface area (Å²) in [6.45, 7) is 5.20. The third-order valence-electron chi connectivity index (χ3n) is 3.03. The van der Waals surface area contributed by atoms with Crippen molar-refractivity contribution >= 4 is 6.09 Å². The van der Waals surface area contributed by atoms with Crippen molar-refractivity contribution in [3.63, 3.8) is 0 Å². The van der Waals surface area contributed by atoms with E-state index in [1.807, 2.05) is 0 Å². The lowest BCUT2D eigenvalue weighted by Crippen LogP contribution is -2.64. The van der Waals surface area contributed by atoms with Gasteiger partial charge in [0, 0.05) is 32.6 Å². The van der Waals surface area contributed by atoms with Crippen molar-refractivity contribution < 1.29 is 14.3 Å². The van der Waals surface area contributed by atoms with Gasteiger partial charge in [0.15, 0.2) is 0 Å². The number of carbonyl (C=O) groups excluding carboxylic acids is 1. The molecular weight excluding hydrogens is 246 g/mol. The van der Waals surface area contributed by atoms with Gasteiger partial charge in [-0.15, -0.1) is 0 Å². The highest BCUT2D eigenvalue weighted by Crippen LogP contribution is 2.32. The summed E-state index contributed by atoms with van der Waals surface area (Å²) in [5, 5.41) is 0. The molecule has 1 amide bonds. The Bertz CT molecular complexity index is 444. The predicted molar refractivity (Wildman–Crippen MR) is 68.7 cm³/mol. The molecular formula is C13H17N3O3. The van der Waals surface area contributed by atoms with E-state index in [9.17, 15) is 4.79 Å². The molecule has 0 bridgehead atoms. The van der Waals surface area contributed by atoms with Gasteiger partial charge < -0.3 is 14.4 Å². The van der Waals surface area contributed by atoms with Gasteiger partial charge in [-0.05, 0) is 6.07 Å². The molecule has 1 aliphatic rings. The molecule has 1 saturated heterocycles. The molecule has 0 aromatic carbocycles. The number of nitrogens with zero attached hydrogens (tertiary/aromatic N) is 3. The van der Waals surface area contributed by atoms with Crippen LogP contribution in [0.5, 0.6) is 0 Å². The average Bonchev–Trinajstić information content (AvgIpc) is 2.40. The maximum atomic E-state index is 11.7. The summed E-state index contributed by atoms with van der Waals surface area (Å²) < 4.78 is 10.2. The lowest BCUT2D eigenvalue weighted by atomic mass is 9.80. The number of amides is 1. The van der Waals surface area contributed by atoms with Crippen LogP contribution in [0, 0.1) is 0 Å². The van der Waals surface area contributed by atoms with Crippen LogP contribution < -0.4 is 0 Å². The maximum Gasteiger partial charge on any atom is 0.410 e. The number of likely N-dealkylation sites (tertiary alicyclic amines) is 1. The lowest BCUT2D eigenvalue weighted by molar-refractivity contribution is -0.00249. The van der Waals surface area contributed by atoms with E-state index in [1.54, 1.807) is 36.5 Å². The fourth-order valence-electron chi connectivity index (χ4n) is 2.18. The third-order valence-corrected chi connectivity index (χ3v) is 3.03. The third kappa shape index (κ3) is 2.73. The summed E-state index contributed by atoms with van der Waals surface area (Å²) in [6.07, 6.45) is 4.58. The predicted octanol–water partition coefficient (Wildman–Crippen LogP) is 0.999. The zero-order valence-corrected chi connectivity index (χ0v) is 10.9. The van der Waals surface area contributed by atoms with Crippen molar-refractivity contribution in [2.75, 3.05) is 33.4 Å². The summed E-state index contributed by atoms with van der Waals surface area (Å²) in [7, 11) is 1.63. The minimum atomic E-state index is -0.345. The van der Waals surface area contributed by atoms with Crippen molar-refractivity contribution in [3.05, 3.63) is 36.9 Å². The molecule has 19 heavy (non-hydrogen) atoms. The molecule has 0 spiro atoms. The van der Waals surface area contributed by atoms with Gasteiger partial charge in [0.2, 0.25) is 0 Å². The Labute approximate surface area is 112 Å². The SMILES string of the molecule is C=CCOC(=O)N1CC(COC)(c2ncccn2)C1. The van der Waals surface area contributed by atoms with Crippen molar-refractivity contribution in [1.29, 1.82) is 0 Å². The molecule has 0 radical (unpaired) electrons. The number of rotatable bonds is 5. The first-order chi connectivity index (χ1) is 9.22. The van der Waals surface area contributed by atoms with Crippen molar-refractivity contribution in [2.24, 2.45) is 0 Å². The highest BCUT2D eigenvalue weighted by atomic mass is 16.6. The number of hydrogen-bond donors (Lipinski definition) is 0. The van der Waals surface area contributed by atoms with Gasteiger partial charge in [0.1, 0.15) is 12.4 Å².